The van der Waals surface area contributed by atoms with Crippen LogP contribution >= 0.6 is 7.75 Å². The van der Waals surface area contributed by atoms with E-state index >= 15 is 0 Å². The first-order chi connectivity index (χ1) is 18.6. The third-order valence-electron chi connectivity index (χ3n) is 7.13. The molecular weight excluding hydrogens is 531 g/mol. The number of esters is 1. The van der Waals surface area contributed by atoms with Gasteiger partial charge in [0.2, 0.25) is 0 Å². The van der Waals surface area contributed by atoms with Gasteiger partial charge in [-0.05, 0) is 32.9 Å². The molecule has 39 heavy (non-hydrogen) atoms. The van der Waals surface area contributed by atoms with Gasteiger partial charge in [-0.3, -0.25) is 9.32 Å². The molecule has 3 aliphatic rings. The Hall–Kier alpha value is -3.13. The summed E-state index contributed by atoms with van der Waals surface area (Å²) in [5, 5.41) is 14.0. The number of nitrogens with one attached hydrogen (secondary N) is 1. The first-order valence-electron chi connectivity index (χ1n) is 12.5. The third-order valence-corrected chi connectivity index (χ3v) is 8.75. The van der Waals surface area contributed by atoms with Crippen LogP contribution in [0.4, 0.5) is 5.82 Å². The van der Waals surface area contributed by atoms with Crippen LogP contribution < -0.4 is 15.3 Å². The summed E-state index contributed by atoms with van der Waals surface area (Å²) in [7, 11) is -4.16. The SMILES string of the molecule is CC(C)OC(=O)C(C)NP(=O)(OCC12CO[C@]3(C(n4cnc5c(N)ncnc54)[C@@H]3O1)[C@@H]2O)Oc1ccccc1. The number of aliphatic hydroxyl groups excluding tert-OH is 1. The number of aliphatic hydroxyl groups is 1. The van der Waals surface area contributed by atoms with E-state index in [1.54, 1.807) is 55.1 Å². The molecule has 1 saturated carbocycles. The lowest BCUT2D eigenvalue weighted by Gasteiger charge is -2.31. The molecule has 0 amide bonds. The molecule has 6 rings (SSSR count). The number of nitrogens with two attached hydrogens (primary N) is 1. The first kappa shape index (κ1) is 26.1. The van der Waals surface area contributed by atoms with E-state index in [1.165, 1.54) is 13.3 Å². The summed E-state index contributed by atoms with van der Waals surface area (Å²) < 4.78 is 44.7. The Morgan fingerprint density at radius 3 is 2.74 bits per heavy atom. The number of fused-ring (bicyclic) bond motifs is 2. The Kier molecular flexibility index (Phi) is 6.17. The molecule has 2 aromatic heterocycles. The molecule has 1 spiro atoms. The number of carbonyl (C=O) groups is 1. The van der Waals surface area contributed by atoms with Crippen molar-refractivity contribution in [3.8, 4) is 5.75 Å². The van der Waals surface area contributed by atoms with Crippen molar-refractivity contribution >= 4 is 30.7 Å². The molecule has 1 aliphatic carbocycles. The summed E-state index contributed by atoms with van der Waals surface area (Å²) in [5.74, 6) is -0.115. The standard InChI is InChI=1S/C24H29N6O8P/c1-13(2)36-21(31)14(3)29-39(33,38-15-7-5-4-6-8-15)35-10-23-9-34-24(22(23)32)17(18(24)37-23)30-12-28-16-19(25)26-11-27-20(16)30/h4-8,11-14,17-18,22,32H,9-10H2,1-3H3,(H,29,33)(H2,25,26,27)/t14?,17?,18-,22+,23?,24-,39?/m0/s1. The summed E-state index contributed by atoms with van der Waals surface area (Å²) >= 11 is 0. The predicted octanol–water partition coefficient (Wildman–Crippen LogP) is 1.36. The quantitative estimate of drug-likeness (QED) is 0.239. The molecule has 3 aromatic rings. The van der Waals surface area contributed by atoms with Gasteiger partial charge >= 0.3 is 13.7 Å². The van der Waals surface area contributed by atoms with E-state index in [1.807, 2.05) is 0 Å². The van der Waals surface area contributed by atoms with Gasteiger partial charge in [-0.15, -0.1) is 0 Å². The molecule has 7 atom stereocenters. The number of hydrogen-bond donors (Lipinski definition) is 3. The second kappa shape index (κ2) is 9.22. The Labute approximate surface area is 223 Å². The van der Waals surface area contributed by atoms with Crippen LogP contribution in [0.2, 0.25) is 0 Å². The molecule has 4 unspecified atom stereocenters. The average molecular weight is 561 g/mol. The average Bonchev–Trinajstić information content (AvgIpc) is 3.09. The van der Waals surface area contributed by atoms with Crippen LogP contribution in [0, 0.1) is 0 Å². The van der Waals surface area contributed by atoms with Crippen molar-refractivity contribution in [1.29, 1.82) is 0 Å². The Bertz CT molecular complexity index is 1450. The van der Waals surface area contributed by atoms with Crippen LogP contribution in [0.15, 0.2) is 43.0 Å². The lowest BCUT2D eigenvalue weighted by Crippen LogP contribution is -2.48. The lowest BCUT2D eigenvalue weighted by atomic mass is 9.97. The molecule has 0 radical (unpaired) electrons. The molecule has 4 heterocycles. The largest absolute Gasteiger partial charge is 0.462 e. The van der Waals surface area contributed by atoms with Gasteiger partial charge < -0.3 is 34.1 Å². The second-order valence-corrected chi connectivity index (χ2v) is 11.9. The molecule has 208 valence electrons. The number of anilines is 1. The van der Waals surface area contributed by atoms with E-state index in [2.05, 4.69) is 20.0 Å². The number of ether oxygens (including phenoxy) is 3. The maximum atomic E-state index is 13.9. The van der Waals surface area contributed by atoms with Gasteiger partial charge in [-0.1, -0.05) is 18.2 Å². The highest BCUT2D eigenvalue weighted by Gasteiger charge is 2.87. The molecule has 2 saturated heterocycles. The smallest absolute Gasteiger partial charge is 0.459 e. The third kappa shape index (κ3) is 4.19. The van der Waals surface area contributed by atoms with Crippen molar-refractivity contribution in [1.82, 2.24) is 24.6 Å². The highest BCUT2D eigenvalue weighted by atomic mass is 31.2. The van der Waals surface area contributed by atoms with Gasteiger partial charge in [-0.2, -0.15) is 5.09 Å². The topological polar surface area (TPSA) is 182 Å². The van der Waals surface area contributed by atoms with E-state index in [-0.39, 0.29) is 30.9 Å². The van der Waals surface area contributed by atoms with E-state index in [4.69, 9.17) is 29.0 Å². The van der Waals surface area contributed by atoms with Gasteiger partial charge in [0.25, 0.3) is 0 Å². The zero-order chi connectivity index (χ0) is 27.6. The molecular formula is C24H29N6O8P. The van der Waals surface area contributed by atoms with Gasteiger partial charge in [-0.25, -0.2) is 19.5 Å². The molecule has 2 bridgehead atoms. The van der Waals surface area contributed by atoms with Crippen molar-refractivity contribution in [2.75, 3.05) is 18.9 Å². The highest BCUT2D eigenvalue weighted by molar-refractivity contribution is 7.52. The summed E-state index contributed by atoms with van der Waals surface area (Å²) in [6.07, 6.45) is 0.893. The summed E-state index contributed by atoms with van der Waals surface area (Å²) in [4.78, 5) is 24.9. The second-order valence-electron chi connectivity index (χ2n) is 10.2. The maximum Gasteiger partial charge on any atom is 0.459 e. The van der Waals surface area contributed by atoms with Crippen LogP contribution in [0.5, 0.6) is 5.75 Å². The van der Waals surface area contributed by atoms with Crippen LogP contribution in [0.3, 0.4) is 0 Å². The Morgan fingerprint density at radius 1 is 1.28 bits per heavy atom. The number of imidazole rings is 1. The molecule has 1 aromatic carbocycles. The lowest BCUT2D eigenvalue weighted by molar-refractivity contribution is -0.149. The number of aromatic nitrogens is 4. The number of nitrogen functional groups attached to an aromatic ring is 1. The van der Waals surface area contributed by atoms with Gasteiger partial charge in [0.1, 0.15) is 53.1 Å². The fourth-order valence-electron chi connectivity index (χ4n) is 5.26. The zero-order valence-electron chi connectivity index (χ0n) is 21.5. The predicted molar refractivity (Wildman–Crippen MR) is 136 cm³/mol. The summed E-state index contributed by atoms with van der Waals surface area (Å²) in [6.45, 7) is 4.57. The van der Waals surface area contributed by atoms with Crippen molar-refractivity contribution in [2.24, 2.45) is 0 Å². The maximum absolute atomic E-state index is 13.9. The summed E-state index contributed by atoms with van der Waals surface area (Å²) in [5.41, 5.74) is 4.50. The van der Waals surface area contributed by atoms with Crippen LogP contribution in [-0.4, -0.2) is 79.4 Å². The van der Waals surface area contributed by atoms with Gasteiger partial charge in [0.05, 0.1) is 25.6 Å². The minimum atomic E-state index is -4.16. The fourth-order valence-corrected chi connectivity index (χ4v) is 6.81. The minimum Gasteiger partial charge on any atom is -0.462 e. The van der Waals surface area contributed by atoms with Gasteiger partial charge in [0.15, 0.2) is 11.5 Å². The monoisotopic (exact) mass is 560 g/mol. The van der Waals surface area contributed by atoms with Crippen LogP contribution in [0.25, 0.3) is 11.2 Å². The van der Waals surface area contributed by atoms with E-state index in [0.29, 0.717) is 11.2 Å². The number of rotatable bonds is 10. The highest BCUT2D eigenvalue weighted by Crippen LogP contribution is 2.68. The van der Waals surface area contributed by atoms with E-state index in [0.717, 1.165) is 0 Å². The van der Waals surface area contributed by atoms with Crippen LogP contribution in [0.1, 0.15) is 26.8 Å². The molecule has 4 N–H and O–H groups in total. The van der Waals surface area contributed by atoms with Crippen molar-refractivity contribution in [3.63, 3.8) is 0 Å². The number of carbonyl (C=O) groups excluding carboxylic acids is 1. The Morgan fingerprint density at radius 2 is 2.05 bits per heavy atom. The first-order valence-corrected chi connectivity index (χ1v) is 14.0. The van der Waals surface area contributed by atoms with E-state index < -0.39 is 49.2 Å². The number of benzene rings is 1. The number of hydrogen-bond acceptors (Lipinski definition) is 12. The molecule has 2 aliphatic heterocycles. The zero-order valence-corrected chi connectivity index (χ0v) is 22.4. The normalized spacial score (nSPS) is 31.2. The van der Waals surface area contributed by atoms with Crippen molar-refractivity contribution < 1.29 is 37.7 Å². The van der Waals surface area contributed by atoms with E-state index in [9.17, 15) is 14.5 Å². The molecule has 15 heteroatoms. The summed E-state index contributed by atoms with van der Waals surface area (Å²) in [6, 6.07) is 6.98. The molecule has 14 nitrogen and oxygen atoms in total. The number of nitrogens with zero attached hydrogens (tertiary/aromatic N) is 4. The van der Waals surface area contributed by atoms with Gasteiger partial charge in [0, 0.05) is 0 Å². The number of para-hydroxylation sites is 1. The fraction of sp³-hybridized carbons (Fsp3) is 0.500. The van der Waals surface area contributed by atoms with Crippen LogP contribution in [-0.2, 0) is 28.1 Å². The Balaban J connectivity index is 1.20. The van der Waals surface area contributed by atoms with Crippen molar-refractivity contribution in [3.05, 3.63) is 43.0 Å². The minimum absolute atomic E-state index is 0.0127. The molecule has 3 fully saturated rings. The van der Waals surface area contributed by atoms with Crippen molar-refractivity contribution in [2.45, 2.75) is 62.4 Å².